The molecule has 1 nitrogen and oxygen atoms in total. The van der Waals surface area contributed by atoms with Crippen molar-refractivity contribution in [3.63, 3.8) is 0 Å². The summed E-state index contributed by atoms with van der Waals surface area (Å²) in [5, 5.41) is 6.96. The minimum absolute atomic E-state index is 1.15. The minimum atomic E-state index is 1.15. The van der Waals surface area contributed by atoms with Crippen molar-refractivity contribution < 1.29 is 0 Å². The zero-order valence-electron chi connectivity index (χ0n) is 10.6. The average molecular weight is 243 g/mol. The zero-order valence-corrected chi connectivity index (χ0v) is 10.6. The molecular weight excluding hydrogens is 230 g/mol. The quantitative estimate of drug-likeness (QED) is 0.447. The van der Waals surface area contributed by atoms with Gasteiger partial charge in [0.25, 0.3) is 0 Å². The lowest BCUT2D eigenvalue weighted by atomic mass is 10.1. The van der Waals surface area contributed by atoms with Crippen molar-refractivity contribution in [1.29, 1.82) is 0 Å². The van der Waals surface area contributed by atoms with E-state index < -0.39 is 0 Å². The number of nitrogens with zero attached hydrogens (tertiary/aromatic N) is 1. The summed E-state index contributed by atoms with van der Waals surface area (Å²) in [6.45, 7) is 0. The summed E-state index contributed by atoms with van der Waals surface area (Å²) < 4.78 is 2.45. The Morgan fingerprint density at radius 3 is 2.53 bits per heavy atom. The van der Waals surface area contributed by atoms with Crippen LogP contribution in [0, 0.1) is 0 Å². The summed E-state index contributed by atoms with van der Waals surface area (Å²) in [4.78, 5) is 0. The highest BCUT2D eigenvalue weighted by atomic mass is 14.9. The monoisotopic (exact) mass is 243 g/mol. The Morgan fingerprint density at radius 1 is 0.737 bits per heavy atom. The van der Waals surface area contributed by atoms with Crippen LogP contribution < -0.4 is 10.6 Å². The average Bonchev–Trinajstić information content (AvgIpc) is 2.99. The second kappa shape index (κ2) is 3.18. The van der Waals surface area contributed by atoms with Crippen LogP contribution in [0.15, 0.2) is 42.5 Å². The maximum Gasteiger partial charge on any atom is 0.0620 e. The van der Waals surface area contributed by atoms with Crippen LogP contribution in [0.5, 0.6) is 0 Å². The first-order chi connectivity index (χ1) is 9.45. The van der Waals surface area contributed by atoms with Crippen molar-refractivity contribution in [2.45, 2.75) is 12.8 Å². The molecule has 0 unspecified atom stereocenters. The molecule has 1 heteroatoms. The third kappa shape index (κ3) is 1.03. The highest BCUT2D eigenvalue weighted by Crippen LogP contribution is 2.29. The molecule has 0 bridgehead atoms. The summed E-state index contributed by atoms with van der Waals surface area (Å²) in [5.74, 6) is 0. The number of para-hydroxylation sites is 2. The van der Waals surface area contributed by atoms with Gasteiger partial charge in [0.15, 0.2) is 0 Å². The van der Waals surface area contributed by atoms with Crippen LogP contribution in [0.3, 0.4) is 0 Å². The Balaban J connectivity index is 2.32. The zero-order chi connectivity index (χ0) is 12.4. The maximum absolute atomic E-state index is 2.45. The summed E-state index contributed by atoms with van der Waals surface area (Å²) in [6.07, 6.45) is 7.10. The summed E-state index contributed by atoms with van der Waals surface area (Å²) in [5.41, 5.74) is 2.73. The molecule has 2 heterocycles. The topological polar surface area (TPSA) is 4.41 Å². The van der Waals surface area contributed by atoms with E-state index in [-0.39, 0.29) is 0 Å². The van der Waals surface area contributed by atoms with E-state index in [1.165, 1.54) is 37.8 Å². The summed E-state index contributed by atoms with van der Waals surface area (Å²) in [6, 6.07) is 15.4. The Morgan fingerprint density at radius 2 is 1.53 bits per heavy atom. The minimum Gasteiger partial charge on any atom is -0.308 e. The van der Waals surface area contributed by atoms with Gasteiger partial charge in [0, 0.05) is 26.7 Å². The highest BCUT2D eigenvalue weighted by molar-refractivity contribution is 6.14. The Labute approximate surface area is 110 Å². The molecule has 0 aliphatic heterocycles. The molecule has 0 saturated heterocycles. The molecule has 4 aromatic rings. The predicted molar refractivity (Wildman–Crippen MR) is 81.0 cm³/mol. The van der Waals surface area contributed by atoms with Gasteiger partial charge in [-0.1, -0.05) is 48.6 Å². The van der Waals surface area contributed by atoms with Gasteiger partial charge in [-0.25, -0.2) is 0 Å². The third-order valence-corrected chi connectivity index (χ3v) is 4.35. The Kier molecular flexibility index (Phi) is 1.61. The van der Waals surface area contributed by atoms with Crippen LogP contribution in [-0.2, 0) is 0 Å². The van der Waals surface area contributed by atoms with Crippen molar-refractivity contribution in [1.82, 2.24) is 4.40 Å². The van der Waals surface area contributed by atoms with Gasteiger partial charge in [-0.15, -0.1) is 0 Å². The lowest BCUT2D eigenvalue weighted by molar-refractivity contribution is 1.08. The molecule has 0 fully saturated rings. The molecule has 1 aliphatic carbocycles. The van der Waals surface area contributed by atoms with Crippen molar-refractivity contribution in [3.05, 3.63) is 53.0 Å². The fourth-order valence-corrected chi connectivity index (χ4v) is 3.61. The summed E-state index contributed by atoms with van der Waals surface area (Å²) >= 11 is 0. The van der Waals surface area contributed by atoms with Gasteiger partial charge in [-0.05, 0) is 18.9 Å². The van der Waals surface area contributed by atoms with E-state index in [0.717, 1.165) is 12.8 Å². The van der Waals surface area contributed by atoms with Gasteiger partial charge in [-0.3, -0.25) is 0 Å². The SMILES string of the molecule is C1=c2c(n3c4ccccc4c4cccc2c43)=CCC1. The van der Waals surface area contributed by atoms with E-state index in [4.69, 9.17) is 0 Å². The smallest absolute Gasteiger partial charge is 0.0620 e. The Bertz CT molecular complexity index is 1050. The van der Waals surface area contributed by atoms with E-state index in [1.54, 1.807) is 0 Å². The second-order valence-corrected chi connectivity index (χ2v) is 5.34. The van der Waals surface area contributed by atoms with Gasteiger partial charge in [0.2, 0.25) is 0 Å². The first-order valence-electron chi connectivity index (χ1n) is 6.89. The third-order valence-electron chi connectivity index (χ3n) is 4.35. The molecule has 90 valence electrons. The first-order valence-corrected chi connectivity index (χ1v) is 6.89. The fraction of sp³-hybridized carbons (Fsp3) is 0.111. The molecule has 0 saturated carbocycles. The normalized spacial score (nSPS) is 14.7. The lowest BCUT2D eigenvalue weighted by Crippen LogP contribution is -2.27. The Hall–Kier alpha value is -2.28. The van der Waals surface area contributed by atoms with Crippen LogP contribution in [0.2, 0.25) is 0 Å². The standard InChI is InChI=1S/C18H13N/c1-3-10-16-12(6-1)14-8-5-9-15-13-7-2-4-11-17(13)19(16)18(14)15/h1,3,5-11H,2,4H2. The van der Waals surface area contributed by atoms with Gasteiger partial charge in [0.1, 0.15) is 0 Å². The molecule has 2 aromatic heterocycles. The van der Waals surface area contributed by atoms with E-state index in [9.17, 15) is 0 Å². The molecule has 5 rings (SSSR count). The fourth-order valence-electron chi connectivity index (χ4n) is 3.61. The van der Waals surface area contributed by atoms with Gasteiger partial charge >= 0.3 is 0 Å². The van der Waals surface area contributed by atoms with Gasteiger partial charge in [-0.2, -0.15) is 0 Å². The van der Waals surface area contributed by atoms with E-state index in [0.29, 0.717) is 0 Å². The molecule has 0 N–H and O–H groups in total. The molecular formula is C18H13N. The van der Waals surface area contributed by atoms with E-state index in [1.807, 2.05) is 0 Å². The van der Waals surface area contributed by atoms with Crippen molar-refractivity contribution >= 4 is 39.3 Å². The van der Waals surface area contributed by atoms with Crippen LogP contribution in [0.25, 0.3) is 39.3 Å². The highest BCUT2D eigenvalue weighted by Gasteiger charge is 2.15. The second-order valence-electron chi connectivity index (χ2n) is 5.34. The summed E-state index contributed by atoms with van der Waals surface area (Å²) in [7, 11) is 0. The van der Waals surface area contributed by atoms with Crippen LogP contribution in [0.1, 0.15) is 12.8 Å². The van der Waals surface area contributed by atoms with Crippen LogP contribution in [0.4, 0.5) is 0 Å². The van der Waals surface area contributed by atoms with Crippen molar-refractivity contribution in [3.8, 4) is 0 Å². The number of hydrogen-bond donors (Lipinski definition) is 0. The molecule has 1 aliphatic rings. The largest absolute Gasteiger partial charge is 0.308 e. The van der Waals surface area contributed by atoms with Crippen LogP contribution in [-0.4, -0.2) is 4.40 Å². The van der Waals surface area contributed by atoms with E-state index >= 15 is 0 Å². The molecule has 19 heavy (non-hydrogen) atoms. The lowest BCUT2D eigenvalue weighted by Gasteiger charge is -1.98. The molecule has 2 aromatic carbocycles. The molecule has 0 spiro atoms. The van der Waals surface area contributed by atoms with E-state index in [2.05, 4.69) is 59.0 Å². The van der Waals surface area contributed by atoms with Gasteiger partial charge in [0.05, 0.1) is 11.0 Å². The molecule has 0 amide bonds. The number of rotatable bonds is 0. The molecule has 0 atom stereocenters. The number of benzene rings is 2. The van der Waals surface area contributed by atoms with Crippen molar-refractivity contribution in [2.75, 3.05) is 0 Å². The van der Waals surface area contributed by atoms with Gasteiger partial charge < -0.3 is 4.40 Å². The number of hydrogen-bond acceptors (Lipinski definition) is 0. The number of aromatic nitrogens is 1. The number of fused-ring (bicyclic) bond motifs is 6. The van der Waals surface area contributed by atoms with Crippen LogP contribution >= 0.6 is 0 Å². The van der Waals surface area contributed by atoms with Crippen molar-refractivity contribution in [2.24, 2.45) is 0 Å². The maximum atomic E-state index is 2.45. The molecule has 0 radical (unpaired) electrons. The predicted octanol–water partition coefficient (Wildman–Crippen LogP) is 3.04. The first kappa shape index (κ1) is 9.62.